The highest BCUT2D eigenvalue weighted by molar-refractivity contribution is 5.98. The first-order chi connectivity index (χ1) is 11.2. The Kier molecular flexibility index (Phi) is 3.87. The van der Waals surface area contributed by atoms with E-state index in [0.29, 0.717) is 42.8 Å². The molecule has 2 atom stereocenters. The van der Waals surface area contributed by atoms with Gasteiger partial charge in [0, 0.05) is 25.6 Å². The van der Waals surface area contributed by atoms with Gasteiger partial charge in [0.1, 0.15) is 13.2 Å². The molecule has 23 heavy (non-hydrogen) atoms. The number of para-hydroxylation sites is 1. The largest absolute Gasteiger partial charge is 0.486 e. The van der Waals surface area contributed by atoms with E-state index in [1.807, 2.05) is 23.1 Å². The van der Waals surface area contributed by atoms with Crippen molar-refractivity contribution in [3.63, 3.8) is 0 Å². The van der Waals surface area contributed by atoms with Gasteiger partial charge in [-0.2, -0.15) is 0 Å². The Bertz CT molecular complexity index is 606. The lowest BCUT2D eigenvalue weighted by Gasteiger charge is -2.31. The molecule has 4 rings (SSSR count). The number of hydrogen-bond acceptors (Lipinski definition) is 5. The van der Waals surface area contributed by atoms with E-state index < -0.39 is 0 Å². The maximum absolute atomic E-state index is 13.2. The third-order valence-corrected chi connectivity index (χ3v) is 4.71. The summed E-state index contributed by atoms with van der Waals surface area (Å²) in [6.07, 6.45) is 0. The Morgan fingerprint density at radius 1 is 1.13 bits per heavy atom. The van der Waals surface area contributed by atoms with Crippen molar-refractivity contribution in [3.8, 4) is 11.5 Å². The molecular formula is C17H22N2O4. The second kappa shape index (κ2) is 6.02. The quantitative estimate of drug-likeness (QED) is 0.769. The minimum atomic E-state index is 0.0168. The van der Waals surface area contributed by atoms with E-state index in [1.165, 1.54) is 0 Å². The number of hydrogen-bond donors (Lipinski definition) is 0. The van der Waals surface area contributed by atoms with E-state index in [9.17, 15) is 4.79 Å². The lowest BCUT2D eigenvalue weighted by molar-refractivity contribution is 0.0479. The molecule has 0 N–H and O–H groups in total. The van der Waals surface area contributed by atoms with Crippen LogP contribution in [0.5, 0.6) is 11.5 Å². The second-order valence-corrected chi connectivity index (χ2v) is 6.57. The molecule has 1 aromatic carbocycles. The zero-order valence-corrected chi connectivity index (χ0v) is 13.4. The zero-order chi connectivity index (χ0) is 15.8. The third-order valence-electron chi connectivity index (χ3n) is 4.71. The highest BCUT2D eigenvalue weighted by atomic mass is 16.6. The standard InChI is InChI=1S/C17H22N2O4/c1-18-7-12-8-19(13(9-18)11-21-10-12)17(20)14-3-2-4-15-16(14)23-6-5-22-15/h2-4,12-13H,5-11H2,1H3/t12-,13-/m0/s1. The van der Waals surface area contributed by atoms with Gasteiger partial charge in [-0.15, -0.1) is 0 Å². The number of fused-ring (bicyclic) bond motifs is 4. The monoisotopic (exact) mass is 318 g/mol. The number of nitrogens with zero attached hydrogens (tertiary/aromatic N) is 2. The van der Waals surface area contributed by atoms with Gasteiger partial charge in [0.05, 0.1) is 24.8 Å². The van der Waals surface area contributed by atoms with E-state index in [0.717, 1.165) is 26.2 Å². The molecular weight excluding hydrogens is 296 g/mol. The van der Waals surface area contributed by atoms with Crippen molar-refractivity contribution < 1.29 is 19.0 Å². The fourth-order valence-electron chi connectivity index (χ4n) is 3.72. The molecule has 2 fully saturated rings. The van der Waals surface area contributed by atoms with Crippen LogP contribution < -0.4 is 9.47 Å². The molecule has 0 aliphatic carbocycles. The number of carbonyl (C=O) groups is 1. The minimum absolute atomic E-state index is 0.0168. The molecule has 0 saturated carbocycles. The van der Waals surface area contributed by atoms with Gasteiger partial charge in [-0.05, 0) is 19.2 Å². The van der Waals surface area contributed by atoms with E-state index in [2.05, 4.69) is 11.9 Å². The van der Waals surface area contributed by atoms with Crippen LogP contribution in [0.3, 0.4) is 0 Å². The molecule has 2 saturated heterocycles. The van der Waals surface area contributed by atoms with Gasteiger partial charge in [-0.1, -0.05) is 6.07 Å². The highest BCUT2D eigenvalue weighted by Crippen LogP contribution is 2.35. The summed E-state index contributed by atoms with van der Waals surface area (Å²) in [7, 11) is 2.11. The van der Waals surface area contributed by atoms with E-state index in [-0.39, 0.29) is 11.9 Å². The molecule has 3 heterocycles. The summed E-state index contributed by atoms with van der Waals surface area (Å²) in [4.78, 5) is 17.5. The number of amides is 1. The van der Waals surface area contributed by atoms with Crippen molar-refractivity contribution in [1.29, 1.82) is 0 Å². The zero-order valence-electron chi connectivity index (χ0n) is 13.4. The number of benzene rings is 1. The van der Waals surface area contributed by atoms with E-state index >= 15 is 0 Å². The average molecular weight is 318 g/mol. The first-order valence-electron chi connectivity index (χ1n) is 8.18. The maximum Gasteiger partial charge on any atom is 0.258 e. The number of rotatable bonds is 1. The summed E-state index contributed by atoms with van der Waals surface area (Å²) in [5.41, 5.74) is 0.595. The average Bonchev–Trinajstić information content (AvgIpc) is 2.84. The van der Waals surface area contributed by atoms with Gasteiger partial charge in [0.15, 0.2) is 11.5 Å². The maximum atomic E-state index is 13.2. The summed E-state index contributed by atoms with van der Waals surface area (Å²) in [5, 5.41) is 0. The van der Waals surface area contributed by atoms with Crippen molar-refractivity contribution >= 4 is 5.91 Å². The lowest BCUT2D eigenvalue weighted by atomic mass is 10.1. The molecule has 6 nitrogen and oxygen atoms in total. The molecule has 0 spiro atoms. The van der Waals surface area contributed by atoms with Gasteiger partial charge < -0.3 is 24.0 Å². The van der Waals surface area contributed by atoms with Crippen LogP contribution in [-0.2, 0) is 4.74 Å². The molecule has 0 radical (unpaired) electrons. The van der Waals surface area contributed by atoms with Gasteiger partial charge >= 0.3 is 0 Å². The van der Waals surface area contributed by atoms with Crippen molar-refractivity contribution in [1.82, 2.24) is 9.80 Å². The molecule has 0 aromatic heterocycles. The van der Waals surface area contributed by atoms with Crippen molar-refractivity contribution in [2.24, 2.45) is 5.92 Å². The van der Waals surface area contributed by atoms with Crippen LogP contribution in [-0.4, -0.2) is 74.9 Å². The van der Waals surface area contributed by atoms with Gasteiger partial charge in [0.25, 0.3) is 5.91 Å². The summed E-state index contributed by atoms with van der Waals surface area (Å²) >= 11 is 0. The Balaban J connectivity index is 1.66. The first-order valence-corrected chi connectivity index (χ1v) is 8.18. The molecule has 124 valence electrons. The summed E-state index contributed by atoms with van der Waals surface area (Å²) in [6, 6.07) is 5.62. The molecule has 3 aliphatic heterocycles. The number of carbonyl (C=O) groups excluding carboxylic acids is 1. The van der Waals surface area contributed by atoms with Crippen LogP contribution in [0.25, 0.3) is 0 Å². The minimum Gasteiger partial charge on any atom is -0.486 e. The molecule has 0 unspecified atom stereocenters. The summed E-state index contributed by atoms with van der Waals surface area (Å²) < 4.78 is 17.1. The first kappa shape index (κ1) is 14.8. The van der Waals surface area contributed by atoms with E-state index in [4.69, 9.17) is 14.2 Å². The Labute approximate surface area is 135 Å². The molecule has 1 aromatic rings. The third kappa shape index (κ3) is 2.77. The number of likely N-dealkylation sites (N-methyl/N-ethyl adjacent to an activating group) is 1. The molecule has 2 bridgehead atoms. The van der Waals surface area contributed by atoms with Crippen LogP contribution in [0.2, 0.25) is 0 Å². The molecule has 3 aliphatic rings. The van der Waals surface area contributed by atoms with Gasteiger partial charge in [-0.25, -0.2) is 0 Å². The van der Waals surface area contributed by atoms with Crippen LogP contribution >= 0.6 is 0 Å². The fraction of sp³-hybridized carbons (Fsp3) is 0.588. The van der Waals surface area contributed by atoms with Gasteiger partial charge in [-0.3, -0.25) is 4.79 Å². The Hall–Kier alpha value is -1.79. The van der Waals surface area contributed by atoms with Crippen molar-refractivity contribution in [2.45, 2.75) is 6.04 Å². The second-order valence-electron chi connectivity index (χ2n) is 6.57. The normalized spacial score (nSPS) is 27.4. The highest BCUT2D eigenvalue weighted by Gasteiger charge is 2.36. The lowest BCUT2D eigenvalue weighted by Crippen LogP contribution is -2.46. The predicted octanol–water partition coefficient (Wildman–Crippen LogP) is 0.860. The van der Waals surface area contributed by atoms with Crippen LogP contribution in [0.4, 0.5) is 0 Å². The van der Waals surface area contributed by atoms with Gasteiger partial charge in [0.2, 0.25) is 0 Å². The Morgan fingerprint density at radius 2 is 2.00 bits per heavy atom. The topological polar surface area (TPSA) is 51.2 Å². The smallest absolute Gasteiger partial charge is 0.258 e. The number of ether oxygens (including phenoxy) is 3. The van der Waals surface area contributed by atoms with Crippen molar-refractivity contribution in [2.75, 3.05) is 53.1 Å². The van der Waals surface area contributed by atoms with E-state index in [1.54, 1.807) is 0 Å². The molecule has 1 amide bonds. The Morgan fingerprint density at radius 3 is 2.91 bits per heavy atom. The molecule has 6 heteroatoms. The SMILES string of the molecule is CN1C[C@@H]2COC[C@H](C1)N(C(=O)c1cccc3c1OCCO3)C2. The summed E-state index contributed by atoms with van der Waals surface area (Å²) in [5.74, 6) is 1.61. The van der Waals surface area contributed by atoms with Crippen LogP contribution in [0, 0.1) is 5.92 Å². The fourth-order valence-corrected chi connectivity index (χ4v) is 3.72. The van der Waals surface area contributed by atoms with Crippen LogP contribution in [0.1, 0.15) is 10.4 Å². The van der Waals surface area contributed by atoms with Crippen molar-refractivity contribution in [3.05, 3.63) is 23.8 Å². The van der Waals surface area contributed by atoms with Crippen LogP contribution in [0.15, 0.2) is 18.2 Å². The summed E-state index contributed by atoms with van der Waals surface area (Å²) in [6.45, 7) is 4.86. The predicted molar refractivity (Wildman–Crippen MR) is 84.1 cm³/mol.